The molecule has 0 saturated carbocycles. The van der Waals surface area contributed by atoms with Crippen molar-refractivity contribution in [3.05, 3.63) is 54.2 Å². The van der Waals surface area contributed by atoms with Gasteiger partial charge in [0.05, 0.1) is 12.2 Å². The zero-order chi connectivity index (χ0) is 18.3. The quantitative estimate of drug-likeness (QED) is 0.830. The summed E-state index contributed by atoms with van der Waals surface area (Å²) in [6.45, 7) is 2.27. The molecule has 4 rings (SSSR count). The smallest absolute Gasteiger partial charge is 0.320 e. The molecule has 0 N–H and O–H groups in total. The van der Waals surface area contributed by atoms with Crippen LogP contribution < -0.4 is 4.90 Å². The van der Waals surface area contributed by atoms with Crippen LogP contribution in [0.15, 0.2) is 42.9 Å². The van der Waals surface area contributed by atoms with E-state index in [1.807, 2.05) is 11.0 Å². The van der Waals surface area contributed by atoms with Gasteiger partial charge >= 0.3 is 6.03 Å². The summed E-state index contributed by atoms with van der Waals surface area (Å²) in [5, 5.41) is 0. The highest BCUT2D eigenvalue weighted by Crippen LogP contribution is 2.46. The number of halogens is 1. The van der Waals surface area contributed by atoms with Crippen LogP contribution in [0.2, 0.25) is 0 Å². The molecule has 2 aliphatic heterocycles. The van der Waals surface area contributed by atoms with Gasteiger partial charge in [-0.25, -0.2) is 14.2 Å². The Bertz CT molecular complexity index is 800. The molecule has 7 heteroatoms. The largest absolute Gasteiger partial charge is 0.355 e. The number of benzene rings is 1. The maximum Gasteiger partial charge on any atom is 0.320 e. The Kier molecular flexibility index (Phi) is 4.22. The van der Waals surface area contributed by atoms with Crippen LogP contribution in [0.4, 0.5) is 15.0 Å². The Labute approximate surface area is 152 Å². The fourth-order valence-electron chi connectivity index (χ4n) is 4.26. The topological polar surface area (TPSA) is 52.6 Å². The monoisotopic (exact) mass is 355 g/mol. The number of carbonyl (C=O) groups excluding carboxylic acids is 1. The molecule has 6 nitrogen and oxygen atoms in total. The molecule has 1 aromatic carbocycles. The average Bonchev–Trinajstić information content (AvgIpc) is 3.19. The molecule has 26 heavy (non-hydrogen) atoms. The Morgan fingerprint density at radius 2 is 2.08 bits per heavy atom. The van der Waals surface area contributed by atoms with Gasteiger partial charge in [-0.3, -0.25) is 4.98 Å². The molecule has 136 valence electrons. The van der Waals surface area contributed by atoms with Crippen LogP contribution >= 0.6 is 0 Å². The minimum atomic E-state index is -0.271. The van der Waals surface area contributed by atoms with E-state index in [-0.39, 0.29) is 23.8 Å². The first-order valence-electron chi connectivity index (χ1n) is 8.79. The molecule has 0 spiro atoms. The van der Waals surface area contributed by atoms with Gasteiger partial charge in [0.1, 0.15) is 11.6 Å². The lowest BCUT2D eigenvalue weighted by Gasteiger charge is -2.32. The van der Waals surface area contributed by atoms with E-state index in [9.17, 15) is 9.18 Å². The minimum absolute atomic E-state index is 0.0280. The summed E-state index contributed by atoms with van der Waals surface area (Å²) < 4.78 is 13.9. The number of urea groups is 1. The second kappa shape index (κ2) is 6.55. The first-order chi connectivity index (χ1) is 12.5. The van der Waals surface area contributed by atoms with Gasteiger partial charge in [-0.05, 0) is 17.7 Å². The second-order valence-electron chi connectivity index (χ2n) is 7.22. The maximum atomic E-state index is 13.9. The van der Waals surface area contributed by atoms with Crippen LogP contribution in [0.5, 0.6) is 0 Å². The molecule has 1 aromatic heterocycles. The summed E-state index contributed by atoms with van der Waals surface area (Å²) in [6, 6.07) is 6.46. The first-order valence-corrected chi connectivity index (χ1v) is 8.79. The highest BCUT2D eigenvalue weighted by Gasteiger charge is 2.49. The number of aromatic nitrogens is 2. The summed E-state index contributed by atoms with van der Waals surface area (Å²) in [7, 11) is 3.51. The van der Waals surface area contributed by atoms with Gasteiger partial charge in [-0.1, -0.05) is 12.1 Å². The normalized spacial score (nSPS) is 24.7. The van der Waals surface area contributed by atoms with Crippen molar-refractivity contribution in [3.8, 4) is 0 Å². The predicted molar refractivity (Wildman–Crippen MR) is 96.2 cm³/mol. The van der Waals surface area contributed by atoms with Crippen molar-refractivity contribution in [2.75, 3.05) is 38.6 Å². The van der Waals surface area contributed by atoms with Crippen molar-refractivity contribution in [1.29, 1.82) is 0 Å². The van der Waals surface area contributed by atoms with Gasteiger partial charge in [0, 0.05) is 58.0 Å². The first kappa shape index (κ1) is 16.8. The molecular weight excluding hydrogens is 333 g/mol. The predicted octanol–water partition coefficient (Wildman–Crippen LogP) is 2.41. The standard InChI is InChI=1S/C19H22FN5O/c1-23(2)19(26)25-11-14-10-24(17-9-21-6-7-22-17)12-16(14)18(25)13-4-3-5-15(20)8-13/h3-9,14,16,18H,10-12H2,1-2H3/t14-,16-,18+/m1/s1. The zero-order valence-electron chi connectivity index (χ0n) is 14.9. The SMILES string of the molecule is CN(C)C(=O)N1C[C@H]2CN(c3cnccn3)C[C@H]2[C@@H]1c1cccc(F)c1. The summed E-state index contributed by atoms with van der Waals surface area (Å²) in [5.41, 5.74) is 0.855. The van der Waals surface area contributed by atoms with Crippen LogP contribution in [0.1, 0.15) is 11.6 Å². The minimum Gasteiger partial charge on any atom is -0.355 e. The summed E-state index contributed by atoms with van der Waals surface area (Å²) in [4.78, 5) is 27.0. The van der Waals surface area contributed by atoms with Crippen LogP contribution in [0.3, 0.4) is 0 Å². The van der Waals surface area contributed by atoms with E-state index in [1.54, 1.807) is 49.7 Å². The van der Waals surface area contributed by atoms with Gasteiger partial charge < -0.3 is 14.7 Å². The third-order valence-corrected chi connectivity index (χ3v) is 5.36. The second-order valence-corrected chi connectivity index (χ2v) is 7.22. The fourth-order valence-corrected chi connectivity index (χ4v) is 4.26. The number of likely N-dealkylation sites (tertiary alicyclic amines) is 1. The maximum absolute atomic E-state index is 13.9. The fraction of sp³-hybridized carbons (Fsp3) is 0.421. The van der Waals surface area contributed by atoms with Gasteiger partial charge in [-0.2, -0.15) is 0 Å². The summed E-state index contributed by atoms with van der Waals surface area (Å²) >= 11 is 0. The number of fused-ring (bicyclic) bond motifs is 1. The molecule has 2 amide bonds. The van der Waals surface area contributed by atoms with Gasteiger partial charge in [0.25, 0.3) is 0 Å². The Morgan fingerprint density at radius 3 is 2.77 bits per heavy atom. The number of hydrogen-bond donors (Lipinski definition) is 0. The number of amides is 2. The van der Waals surface area contributed by atoms with E-state index in [0.29, 0.717) is 12.5 Å². The average molecular weight is 355 g/mol. The molecule has 2 fully saturated rings. The molecule has 2 aromatic rings. The Balaban J connectivity index is 1.65. The molecule has 3 heterocycles. The van der Waals surface area contributed by atoms with Crippen molar-refractivity contribution < 1.29 is 9.18 Å². The molecule has 0 aliphatic carbocycles. The van der Waals surface area contributed by atoms with E-state index in [4.69, 9.17) is 0 Å². The van der Waals surface area contributed by atoms with E-state index < -0.39 is 0 Å². The highest BCUT2D eigenvalue weighted by atomic mass is 19.1. The Hall–Kier alpha value is -2.70. The Morgan fingerprint density at radius 1 is 1.23 bits per heavy atom. The van der Waals surface area contributed by atoms with Crippen molar-refractivity contribution in [3.63, 3.8) is 0 Å². The van der Waals surface area contributed by atoms with Gasteiger partial charge in [-0.15, -0.1) is 0 Å². The van der Waals surface area contributed by atoms with Crippen molar-refractivity contribution in [2.24, 2.45) is 11.8 Å². The lowest BCUT2D eigenvalue weighted by molar-refractivity contribution is 0.159. The lowest BCUT2D eigenvalue weighted by Crippen LogP contribution is -2.41. The zero-order valence-corrected chi connectivity index (χ0v) is 14.9. The van der Waals surface area contributed by atoms with Crippen LogP contribution in [-0.2, 0) is 0 Å². The van der Waals surface area contributed by atoms with Crippen molar-refractivity contribution >= 4 is 11.8 Å². The number of rotatable bonds is 2. The number of carbonyl (C=O) groups is 1. The molecule has 0 radical (unpaired) electrons. The molecule has 0 unspecified atom stereocenters. The molecule has 2 saturated heterocycles. The van der Waals surface area contributed by atoms with Gasteiger partial charge in [0.2, 0.25) is 0 Å². The summed E-state index contributed by atoms with van der Waals surface area (Å²) in [5.74, 6) is 1.15. The highest BCUT2D eigenvalue weighted by molar-refractivity contribution is 5.75. The molecule has 2 aliphatic rings. The van der Waals surface area contributed by atoms with E-state index in [0.717, 1.165) is 24.5 Å². The van der Waals surface area contributed by atoms with Crippen molar-refractivity contribution in [2.45, 2.75) is 6.04 Å². The van der Waals surface area contributed by atoms with Crippen LogP contribution in [0, 0.1) is 17.7 Å². The van der Waals surface area contributed by atoms with E-state index in [1.165, 1.54) is 6.07 Å². The lowest BCUT2D eigenvalue weighted by atomic mass is 9.89. The third-order valence-electron chi connectivity index (χ3n) is 5.36. The number of anilines is 1. The van der Waals surface area contributed by atoms with E-state index >= 15 is 0 Å². The molecular formula is C19H22FN5O. The van der Waals surface area contributed by atoms with Crippen LogP contribution in [-0.4, -0.2) is 59.5 Å². The molecule has 3 atom stereocenters. The number of hydrogen-bond acceptors (Lipinski definition) is 4. The molecule has 0 bridgehead atoms. The van der Waals surface area contributed by atoms with E-state index in [2.05, 4.69) is 14.9 Å². The third kappa shape index (κ3) is 2.87. The number of nitrogens with zero attached hydrogens (tertiary/aromatic N) is 5. The van der Waals surface area contributed by atoms with Crippen molar-refractivity contribution in [1.82, 2.24) is 19.8 Å². The summed E-state index contributed by atoms with van der Waals surface area (Å²) in [6.07, 6.45) is 5.11. The van der Waals surface area contributed by atoms with Crippen LogP contribution in [0.25, 0.3) is 0 Å². The van der Waals surface area contributed by atoms with Gasteiger partial charge in [0.15, 0.2) is 0 Å².